The third kappa shape index (κ3) is 4.23. The van der Waals surface area contributed by atoms with Gasteiger partial charge in [-0.05, 0) is 41.7 Å². The molecule has 12 heteroatoms. The number of carbonyl (C=O) groups is 2. The number of fused-ring (bicyclic) bond motifs is 1. The Balaban J connectivity index is 1.21. The maximum Gasteiger partial charge on any atom is 0.333 e. The van der Waals surface area contributed by atoms with Crippen LogP contribution in [0.5, 0.6) is 0 Å². The normalized spacial score (nSPS) is 21.3. The summed E-state index contributed by atoms with van der Waals surface area (Å²) in [6, 6.07) is 5.90. The lowest BCUT2D eigenvalue weighted by atomic mass is 9.95. The highest BCUT2D eigenvalue weighted by Gasteiger charge is 2.65. The quantitative estimate of drug-likeness (QED) is 0.332. The molecule has 4 aromatic rings. The van der Waals surface area contributed by atoms with Crippen LogP contribution in [0, 0.1) is 11.2 Å². The zero-order valence-corrected chi connectivity index (χ0v) is 21.2. The number of hydrogen-bond acceptors (Lipinski definition) is 6. The van der Waals surface area contributed by atoms with E-state index in [-0.39, 0.29) is 24.8 Å². The Bertz CT molecular complexity index is 1600. The number of rotatable bonds is 7. The number of ether oxygens (including phenoxy) is 1. The maximum absolute atomic E-state index is 15.4. The van der Waals surface area contributed by atoms with Gasteiger partial charge in [0.1, 0.15) is 11.9 Å². The monoisotopic (exact) mass is 538 g/mol. The number of benzene rings is 1. The molecule has 1 aliphatic carbocycles. The molecule has 1 aromatic carbocycles. The minimum Gasteiger partial charge on any atom is -0.467 e. The zero-order chi connectivity index (χ0) is 27.5. The molecule has 1 spiro atoms. The highest BCUT2D eigenvalue weighted by Crippen LogP contribution is 2.65. The number of hydrogen-bond donors (Lipinski definition) is 0. The van der Waals surface area contributed by atoms with E-state index in [4.69, 9.17) is 4.74 Å². The van der Waals surface area contributed by atoms with Gasteiger partial charge < -0.3 is 9.64 Å². The number of aryl methyl sites for hydroxylation is 1. The Morgan fingerprint density at radius 3 is 2.74 bits per heavy atom. The summed E-state index contributed by atoms with van der Waals surface area (Å²) >= 11 is 0. The Kier molecular flexibility index (Phi) is 5.92. The average Bonchev–Trinajstić information content (AvgIpc) is 3.18. The van der Waals surface area contributed by atoms with E-state index in [1.165, 1.54) is 24.3 Å². The molecule has 0 radical (unpaired) electrons. The molecule has 3 atom stereocenters. The van der Waals surface area contributed by atoms with Crippen molar-refractivity contribution >= 4 is 22.9 Å². The standard InChI is InChI=1S/C27H25F3N6O3/c1-34-14-18-8-17(12-31-23(18)33-34)16-3-4-19(21(28)9-16)20-10-27(20)5-6-35(25(27)38)22(24(37)39-2)7-15-11-32-36(13-15)26(29)30/h3-4,8-9,11-14,20,22,26H,5-7,10H2,1-2H3/t20-,22-,27+/m1/s1. The Morgan fingerprint density at radius 1 is 1.21 bits per heavy atom. The van der Waals surface area contributed by atoms with Crippen LogP contribution in [0.15, 0.2) is 49.1 Å². The largest absolute Gasteiger partial charge is 0.467 e. The summed E-state index contributed by atoms with van der Waals surface area (Å²) in [5.74, 6) is -1.62. The molecule has 2 aliphatic rings. The average molecular weight is 539 g/mol. The Morgan fingerprint density at radius 2 is 2.03 bits per heavy atom. The number of amides is 1. The predicted octanol–water partition coefficient (Wildman–Crippen LogP) is 3.86. The predicted molar refractivity (Wildman–Crippen MR) is 133 cm³/mol. The molecule has 0 bridgehead atoms. The molecule has 39 heavy (non-hydrogen) atoms. The van der Waals surface area contributed by atoms with Gasteiger partial charge in [-0.25, -0.2) is 18.9 Å². The number of methoxy groups -OCH3 is 1. The van der Waals surface area contributed by atoms with Crippen molar-refractivity contribution in [3.05, 3.63) is 66.0 Å². The van der Waals surface area contributed by atoms with Gasteiger partial charge in [0, 0.05) is 55.5 Å². The van der Waals surface area contributed by atoms with Crippen molar-refractivity contribution in [1.82, 2.24) is 29.4 Å². The molecule has 9 nitrogen and oxygen atoms in total. The van der Waals surface area contributed by atoms with E-state index in [1.807, 2.05) is 18.3 Å². The highest BCUT2D eigenvalue weighted by atomic mass is 19.3. The number of nitrogens with zero attached hydrogens (tertiary/aromatic N) is 6. The Labute approximate surface area is 221 Å². The lowest BCUT2D eigenvalue weighted by molar-refractivity contribution is -0.152. The van der Waals surface area contributed by atoms with Crippen LogP contribution >= 0.6 is 0 Å². The second kappa shape index (κ2) is 9.21. The molecule has 202 valence electrons. The summed E-state index contributed by atoms with van der Waals surface area (Å²) in [6.45, 7) is -2.52. The molecule has 1 saturated carbocycles. The number of pyridine rings is 1. The number of carbonyl (C=O) groups excluding carboxylic acids is 2. The number of halogens is 3. The molecular weight excluding hydrogens is 513 g/mol. The highest BCUT2D eigenvalue weighted by molar-refractivity contribution is 5.93. The second-order valence-electron chi connectivity index (χ2n) is 10.2. The van der Waals surface area contributed by atoms with Crippen molar-refractivity contribution in [2.75, 3.05) is 13.7 Å². The minimum absolute atomic E-state index is 0.00967. The zero-order valence-electron chi connectivity index (χ0n) is 21.2. The fourth-order valence-corrected chi connectivity index (χ4v) is 5.79. The lowest BCUT2D eigenvalue weighted by Gasteiger charge is -2.26. The number of aromatic nitrogens is 5. The summed E-state index contributed by atoms with van der Waals surface area (Å²) < 4.78 is 48.4. The van der Waals surface area contributed by atoms with E-state index in [2.05, 4.69) is 15.2 Å². The van der Waals surface area contributed by atoms with Crippen LogP contribution in [0.4, 0.5) is 13.2 Å². The van der Waals surface area contributed by atoms with Crippen LogP contribution in [-0.4, -0.2) is 61.0 Å². The van der Waals surface area contributed by atoms with E-state index in [0.29, 0.717) is 39.9 Å². The van der Waals surface area contributed by atoms with E-state index in [0.717, 1.165) is 17.1 Å². The number of esters is 1. The first-order valence-electron chi connectivity index (χ1n) is 12.5. The Hall–Kier alpha value is -4.22. The van der Waals surface area contributed by atoms with Gasteiger partial charge in [-0.3, -0.25) is 9.48 Å². The SMILES string of the molecule is COC(=O)[C@@H](Cc1cnn(C(F)F)c1)N1CC[C@@]2(C[C@@H]2c2ccc(-c3cnc4nn(C)cc4c3)cc2F)C1=O. The summed E-state index contributed by atoms with van der Waals surface area (Å²) in [4.78, 5) is 32.0. The molecule has 4 heterocycles. The molecule has 0 N–H and O–H groups in total. The van der Waals surface area contributed by atoms with Gasteiger partial charge >= 0.3 is 12.5 Å². The summed E-state index contributed by atoms with van der Waals surface area (Å²) in [5, 5.41) is 8.71. The van der Waals surface area contributed by atoms with Crippen LogP contribution in [0.3, 0.4) is 0 Å². The van der Waals surface area contributed by atoms with Crippen LogP contribution < -0.4 is 0 Å². The van der Waals surface area contributed by atoms with Crippen molar-refractivity contribution in [3.8, 4) is 11.1 Å². The first-order valence-corrected chi connectivity index (χ1v) is 12.5. The molecule has 1 saturated heterocycles. The van der Waals surface area contributed by atoms with Crippen LogP contribution in [-0.2, 0) is 27.8 Å². The molecule has 1 aliphatic heterocycles. The molecule has 0 unspecified atom stereocenters. The smallest absolute Gasteiger partial charge is 0.333 e. The summed E-state index contributed by atoms with van der Waals surface area (Å²) in [5.41, 5.74) is 2.07. The van der Waals surface area contributed by atoms with Gasteiger partial charge in [0.25, 0.3) is 0 Å². The first kappa shape index (κ1) is 25.1. The van der Waals surface area contributed by atoms with E-state index in [9.17, 15) is 18.4 Å². The van der Waals surface area contributed by atoms with Crippen LogP contribution in [0.2, 0.25) is 0 Å². The van der Waals surface area contributed by atoms with E-state index >= 15 is 4.39 Å². The molecule has 2 fully saturated rings. The van der Waals surface area contributed by atoms with Crippen molar-refractivity contribution < 1.29 is 27.5 Å². The molecule has 6 rings (SSSR count). The maximum atomic E-state index is 15.4. The van der Waals surface area contributed by atoms with Gasteiger partial charge in [0.15, 0.2) is 5.65 Å². The topological polar surface area (TPSA) is 95.1 Å². The van der Waals surface area contributed by atoms with Gasteiger partial charge in [-0.1, -0.05) is 12.1 Å². The van der Waals surface area contributed by atoms with Crippen molar-refractivity contribution in [3.63, 3.8) is 0 Å². The van der Waals surface area contributed by atoms with Gasteiger partial charge in [0.2, 0.25) is 5.91 Å². The third-order valence-electron chi connectivity index (χ3n) is 7.88. The van der Waals surface area contributed by atoms with Crippen LogP contribution in [0.25, 0.3) is 22.2 Å². The molecule has 3 aromatic heterocycles. The van der Waals surface area contributed by atoms with Gasteiger partial charge in [-0.15, -0.1) is 0 Å². The number of alkyl halides is 2. The summed E-state index contributed by atoms with van der Waals surface area (Å²) in [6.07, 6.45) is 6.81. The number of likely N-dealkylation sites (tertiary alicyclic amines) is 1. The van der Waals surface area contributed by atoms with E-state index in [1.54, 1.807) is 24.0 Å². The van der Waals surface area contributed by atoms with Gasteiger partial charge in [-0.2, -0.15) is 19.0 Å². The molecule has 1 amide bonds. The third-order valence-corrected chi connectivity index (χ3v) is 7.88. The first-order chi connectivity index (χ1) is 18.7. The van der Waals surface area contributed by atoms with Crippen molar-refractivity contribution in [2.45, 2.75) is 37.8 Å². The van der Waals surface area contributed by atoms with Crippen LogP contribution in [0.1, 0.15) is 36.4 Å². The summed E-state index contributed by atoms with van der Waals surface area (Å²) in [7, 11) is 3.02. The minimum atomic E-state index is -2.81. The van der Waals surface area contributed by atoms with Crippen molar-refractivity contribution in [2.24, 2.45) is 12.5 Å². The van der Waals surface area contributed by atoms with Gasteiger partial charge in [0.05, 0.1) is 18.7 Å². The van der Waals surface area contributed by atoms with Crippen molar-refractivity contribution in [1.29, 1.82) is 0 Å². The fraction of sp³-hybridized carbons (Fsp3) is 0.370. The molecular formula is C27H25F3N6O3. The second-order valence-corrected chi connectivity index (χ2v) is 10.2. The van der Waals surface area contributed by atoms with E-state index < -0.39 is 29.8 Å². The fourth-order valence-electron chi connectivity index (χ4n) is 5.79. The lowest BCUT2D eigenvalue weighted by Crippen LogP contribution is -2.45.